The normalized spacial score (nSPS) is 10.2. The van der Waals surface area contributed by atoms with Gasteiger partial charge < -0.3 is 10.1 Å². The number of amides is 1. The lowest BCUT2D eigenvalue weighted by atomic mass is 10.2. The molecule has 22 heavy (non-hydrogen) atoms. The third-order valence-corrected chi connectivity index (χ3v) is 2.58. The summed E-state index contributed by atoms with van der Waals surface area (Å²) in [4.78, 5) is 13.4. The third-order valence-electron chi connectivity index (χ3n) is 2.58. The number of hydrogen-bond donors (Lipinski definition) is 2. The third kappa shape index (κ3) is 3.25. The first-order valence-electron chi connectivity index (χ1n) is 5.84. The van der Waals surface area contributed by atoms with Crippen molar-refractivity contribution in [3.63, 3.8) is 0 Å². The number of methoxy groups -OCH3 is 1. The Hall–Kier alpha value is -2.84. The van der Waals surface area contributed by atoms with Crippen molar-refractivity contribution in [1.82, 2.24) is 4.98 Å². The van der Waals surface area contributed by atoms with E-state index in [9.17, 15) is 22.4 Å². The van der Waals surface area contributed by atoms with E-state index >= 15 is 0 Å². The van der Waals surface area contributed by atoms with Crippen LogP contribution in [0, 0.1) is 23.5 Å². The molecular formula is C13H9F4N3O2. The average molecular weight is 315 g/mol. The van der Waals surface area contributed by atoms with Gasteiger partial charge in [0, 0.05) is 11.4 Å². The standard InChI is InChI=1S/C13H9F4N3O2/c1-22-13(21)19-7-4-2-6(3-5-7)18-10-8(14)11(16)20-12(17)9(10)15/h2-5H,1H3,(H,18,20)(H,19,21). The number of aromatic nitrogens is 1. The maximum Gasteiger partial charge on any atom is 0.411 e. The van der Waals surface area contributed by atoms with E-state index in [0.717, 1.165) is 0 Å². The smallest absolute Gasteiger partial charge is 0.411 e. The summed E-state index contributed by atoms with van der Waals surface area (Å²) in [5, 5.41) is 4.56. The number of anilines is 3. The number of nitrogens with zero attached hydrogens (tertiary/aromatic N) is 1. The van der Waals surface area contributed by atoms with Crippen molar-refractivity contribution in [2.45, 2.75) is 0 Å². The second-order valence-electron chi connectivity index (χ2n) is 4.02. The molecule has 0 aliphatic carbocycles. The van der Waals surface area contributed by atoms with Gasteiger partial charge >= 0.3 is 6.09 Å². The Labute approximate surface area is 121 Å². The lowest BCUT2D eigenvalue weighted by Gasteiger charge is -2.10. The molecule has 2 rings (SSSR count). The molecule has 0 aliphatic rings. The van der Waals surface area contributed by atoms with E-state index < -0.39 is 35.3 Å². The molecule has 2 aromatic rings. The molecule has 0 unspecified atom stereocenters. The summed E-state index contributed by atoms with van der Waals surface area (Å²) < 4.78 is 57.2. The van der Waals surface area contributed by atoms with E-state index in [1.807, 2.05) is 0 Å². The molecule has 2 N–H and O–H groups in total. The molecule has 0 spiro atoms. The highest BCUT2D eigenvalue weighted by Crippen LogP contribution is 2.26. The molecule has 1 aromatic carbocycles. The fraction of sp³-hybridized carbons (Fsp3) is 0.0769. The van der Waals surface area contributed by atoms with Crippen LogP contribution in [0.15, 0.2) is 24.3 Å². The molecule has 0 saturated carbocycles. The number of carbonyl (C=O) groups excluding carboxylic acids is 1. The molecule has 0 saturated heterocycles. The fourth-order valence-corrected chi connectivity index (χ4v) is 1.55. The highest BCUT2D eigenvalue weighted by atomic mass is 19.2. The Morgan fingerprint density at radius 1 is 1.00 bits per heavy atom. The predicted molar refractivity (Wildman–Crippen MR) is 69.8 cm³/mol. The van der Waals surface area contributed by atoms with Gasteiger partial charge in [0.2, 0.25) is 11.6 Å². The summed E-state index contributed by atoms with van der Waals surface area (Å²) in [6.45, 7) is 0. The van der Waals surface area contributed by atoms with Gasteiger partial charge in [-0.3, -0.25) is 5.32 Å². The van der Waals surface area contributed by atoms with Crippen LogP contribution in [0.3, 0.4) is 0 Å². The van der Waals surface area contributed by atoms with Crippen LogP contribution in [-0.4, -0.2) is 18.2 Å². The molecule has 5 nitrogen and oxygen atoms in total. The van der Waals surface area contributed by atoms with Gasteiger partial charge in [-0.2, -0.15) is 22.5 Å². The number of halogens is 4. The van der Waals surface area contributed by atoms with Gasteiger partial charge in [-0.1, -0.05) is 0 Å². The minimum Gasteiger partial charge on any atom is -0.453 e. The molecule has 0 atom stereocenters. The molecule has 1 heterocycles. The first-order chi connectivity index (χ1) is 10.4. The van der Waals surface area contributed by atoms with Gasteiger partial charge in [0.05, 0.1) is 7.11 Å². The molecule has 0 bridgehead atoms. The van der Waals surface area contributed by atoms with Gasteiger partial charge in [-0.25, -0.2) is 4.79 Å². The van der Waals surface area contributed by atoms with Gasteiger partial charge in [-0.15, -0.1) is 0 Å². The summed E-state index contributed by atoms with van der Waals surface area (Å²) >= 11 is 0. The molecule has 1 amide bonds. The Bertz CT molecular complexity index is 681. The first kappa shape index (κ1) is 15.5. The van der Waals surface area contributed by atoms with Gasteiger partial charge in [-0.05, 0) is 24.3 Å². The number of benzene rings is 1. The quantitative estimate of drug-likeness (QED) is 0.671. The van der Waals surface area contributed by atoms with E-state index in [4.69, 9.17) is 0 Å². The van der Waals surface area contributed by atoms with Crippen LogP contribution < -0.4 is 10.6 Å². The van der Waals surface area contributed by atoms with E-state index in [1.165, 1.54) is 31.4 Å². The highest BCUT2D eigenvalue weighted by molar-refractivity contribution is 5.84. The van der Waals surface area contributed by atoms with Crippen LogP contribution in [0.4, 0.5) is 39.4 Å². The zero-order valence-electron chi connectivity index (χ0n) is 11.1. The van der Waals surface area contributed by atoms with Gasteiger partial charge in [0.15, 0.2) is 0 Å². The van der Waals surface area contributed by atoms with Crippen molar-refractivity contribution in [1.29, 1.82) is 0 Å². The second kappa shape index (κ2) is 6.29. The predicted octanol–water partition coefficient (Wildman–Crippen LogP) is 3.56. The number of carbonyl (C=O) groups is 1. The molecule has 0 aliphatic heterocycles. The van der Waals surface area contributed by atoms with Crippen LogP contribution >= 0.6 is 0 Å². The summed E-state index contributed by atoms with van der Waals surface area (Å²) in [6.07, 6.45) is -0.698. The summed E-state index contributed by atoms with van der Waals surface area (Å²) in [5.41, 5.74) is -0.512. The molecule has 116 valence electrons. The number of rotatable bonds is 3. The van der Waals surface area contributed by atoms with Crippen LogP contribution in [0.2, 0.25) is 0 Å². The van der Waals surface area contributed by atoms with E-state index in [1.54, 1.807) is 0 Å². The van der Waals surface area contributed by atoms with E-state index in [-0.39, 0.29) is 5.69 Å². The number of ether oxygens (including phenoxy) is 1. The molecule has 0 radical (unpaired) electrons. The Kier molecular flexibility index (Phi) is 4.44. The number of hydrogen-bond acceptors (Lipinski definition) is 4. The SMILES string of the molecule is COC(=O)Nc1ccc(Nc2c(F)c(F)nc(F)c2F)cc1. The van der Waals surface area contributed by atoms with Crippen LogP contribution in [0.1, 0.15) is 0 Å². The minimum absolute atomic E-state index is 0.137. The minimum atomic E-state index is -1.76. The van der Waals surface area contributed by atoms with Gasteiger partial charge in [0.25, 0.3) is 11.9 Å². The van der Waals surface area contributed by atoms with E-state index in [2.05, 4.69) is 20.4 Å². The molecule has 1 aromatic heterocycles. The van der Waals surface area contributed by atoms with Crippen molar-refractivity contribution >= 4 is 23.2 Å². The summed E-state index contributed by atoms with van der Waals surface area (Å²) in [6, 6.07) is 5.45. The van der Waals surface area contributed by atoms with Crippen molar-refractivity contribution in [3.8, 4) is 0 Å². The second-order valence-corrected chi connectivity index (χ2v) is 4.02. The van der Waals surface area contributed by atoms with E-state index in [0.29, 0.717) is 5.69 Å². The summed E-state index contributed by atoms with van der Waals surface area (Å²) in [5.74, 6) is -6.80. The fourth-order valence-electron chi connectivity index (χ4n) is 1.55. The maximum atomic E-state index is 13.4. The van der Waals surface area contributed by atoms with Crippen LogP contribution in [0.5, 0.6) is 0 Å². The highest BCUT2D eigenvalue weighted by Gasteiger charge is 2.20. The first-order valence-corrected chi connectivity index (χ1v) is 5.84. The van der Waals surface area contributed by atoms with Crippen molar-refractivity contribution in [3.05, 3.63) is 47.8 Å². The van der Waals surface area contributed by atoms with Crippen molar-refractivity contribution < 1.29 is 27.1 Å². The monoisotopic (exact) mass is 315 g/mol. The van der Waals surface area contributed by atoms with Crippen LogP contribution in [0.25, 0.3) is 0 Å². The maximum absolute atomic E-state index is 13.4. The lowest BCUT2D eigenvalue weighted by molar-refractivity contribution is 0.187. The number of nitrogens with one attached hydrogen (secondary N) is 2. The van der Waals surface area contributed by atoms with Crippen LogP contribution in [-0.2, 0) is 4.74 Å². The molecule has 9 heteroatoms. The topological polar surface area (TPSA) is 63.2 Å². The zero-order chi connectivity index (χ0) is 16.3. The zero-order valence-corrected chi connectivity index (χ0v) is 11.1. The van der Waals surface area contributed by atoms with Crippen molar-refractivity contribution in [2.75, 3.05) is 17.7 Å². The van der Waals surface area contributed by atoms with Crippen molar-refractivity contribution in [2.24, 2.45) is 0 Å². The Morgan fingerprint density at radius 2 is 1.50 bits per heavy atom. The lowest BCUT2D eigenvalue weighted by Crippen LogP contribution is -2.10. The largest absolute Gasteiger partial charge is 0.453 e. The Morgan fingerprint density at radius 3 is 2.00 bits per heavy atom. The number of pyridine rings is 1. The van der Waals surface area contributed by atoms with Gasteiger partial charge in [0.1, 0.15) is 5.69 Å². The Balaban J connectivity index is 2.23. The summed E-state index contributed by atoms with van der Waals surface area (Å²) in [7, 11) is 1.18. The average Bonchev–Trinajstić information content (AvgIpc) is 2.51. The molecular weight excluding hydrogens is 306 g/mol. The molecule has 0 fully saturated rings.